The molecular formula is C16H15BrN4O3. The van der Waals surface area contributed by atoms with Gasteiger partial charge in [-0.15, -0.1) is 0 Å². The third-order valence-corrected chi connectivity index (χ3v) is 4.38. The minimum atomic E-state index is -0.109. The number of hydrogen-bond acceptors (Lipinski definition) is 6. The van der Waals surface area contributed by atoms with Crippen LogP contribution >= 0.6 is 15.9 Å². The van der Waals surface area contributed by atoms with Crippen LogP contribution in [0.15, 0.2) is 41.1 Å². The highest BCUT2D eigenvalue weighted by Gasteiger charge is 2.14. The molecule has 0 amide bonds. The number of phenolic OH excluding ortho intramolecular Hbond substituents is 1. The minimum Gasteiger partial charge on any atom is -0.507 e. The highest BCUT2D eigenvalue weighted by Crippen LogP contribution is 2.26. The molecule has 0 saturated heterocycles. The highest BCUT2D eigenvalue weighted by molar-refractivity contribution is 9.10. The third-order valence-electron chi connectivity index (χ3n) is 3.47. The summed E-state index contributed by atoms with van der Waals surface area (Å²) in [4.78, 5) is 8.42. The molecule has 0 atom stereocenters. The van der Waals surface area contributed by atoms with E-state index in [1.807, 2.05) is 0 Å². The first-order valence-electron chi connectivity index (χ1n) is 7.14. The van der Waals surface area contributed by atoms with Gasteiger partial charge in [-0.1, -0.05) is 12.1 Å². The molecule has 0 aliphatic heterocycles. The van der Waals surface area contributed by atoms with Gasteiger partial charge in [-0.2, -0.15) is 5.10 Å². The van der Waals surface area contributed by atoms with Crippen LogP contribution in [-0.4, -0.2) is 30.0 Å². The van der Waals surface area contributed by atoms with Crippen LogP contribution in [0.3, 0.4) is 0 Å². The number of aryl methyl sites for hydroxylation is 1. The van der Waals surface area contributed by atoms with Crippen molar-refractivity contribution in [3.8, 4) is 22.9 Å². The van der Waals surface area contributed by atoms with Crippen molar-refractivity contribution in [1.82, 2.24) is 19.7 Å². The molecule has 2 aromatic heterocycles. The van der Waals surface area contributed by atoms with Crippen LogP contribution < -0.4 is 4.74 Å². The van der Waals surface area contributed by atoms with E-state index in [1.165, 1.54) is 0 Å². The number of rotatable bonds is 5. The summed E-state index contributed by atoms with van der Waals surface area (Å²) in [5.74, 6) is 1.03. The maximum Gasteiger partial charge on any atom is 0.163 e. The van der Waals surface area contributed by atoms with Crippen LogP contribution in [0.25, 0.3) is 11.4 Å². The number of phenols is 1. The summed E-state index contributed by atoms with van der Waals surface area (Å²) < 4.78 is 7.95. The van der Waals surface area contributed by atoms with Gasteiger partial charge >= 0.3 is 0 Å². The number of aliphatic hydroxyl groups excluding tert-OH is 1. The normalized spacial score (nSPS) is 10.8. The van der Waals surface area contributed by atoms with Crippen molar-refractivity contribution in [2.75, 3.05) is 0 Å². The summed E-state index contributed by atoms with van der Waals surface area (Å²) in [6, 6.07) is 6.87. The van der Waals surface area contributed by atoms with Crippen molar-refractivity contribution in [3.63, 3.8) is 0 Å². The smallest absolute Gasteiger partial charge is 0.163 e. The first-order chi connectivity index (χ1) is 11.6. The molecule has 8 heteroatoms. The summed E-state index contributed by atoms with van der Waals surface area (Å²) >= 11 is 3.40. The lowest BCUT2D eigenvalue weighted by atomic mass is 10.2. The van der Waals surface area contributed by atoms with Gasteiger partial charge in [-0.3, -0.25) is 4.68 Å². The maximum absolute atomic E-state index is 9.82. The topological polar surface area (TPSA) is 93.3 Å². The Labute approximate surface area is 146 Å². The Morgan fingerprint density at radius 1 is 1.21 bits per heavy atom. The van der Waals surface area contributed by atoms with Gasteiger partial charge in [0.05, 0.1) is 34.7 Å². The fourth-order valence-corrected chi connectivity index (χ4v) is 2.78. The second-order valence-electron chi connectivity index (χ2n) is 5.04. The fourth-order valence-electron chi connectivity index (χ4n) is 2.20. The first kappa shape index (κ1) is 16.4. The molecule has 0 saturated carbocycles. The van der Waals surface area contributed by atoms with E-state index in [1.54, 1.807) is 48.4 Å². The Morgan fingerprint density at radius 2 is 1.92 bits per heavy atom. The Bertz CT molecular complexity index is 849. The predicted molar refractivity (Wildman–Crippen MR) is 90.3 cm³/mol. The Kier molecular flexibility index (Phi) is 4.77. The van der Waals surface area contributed by atoms with E-state index in [2.05, 4.69) is 31.0 Å². The zero-order chi connectivity index (χ0) is 17.1. The molecule has 2 heterocycles. The van der Waals surface area contributed by atoms with Crippen molar-refractivity contribution in [1.29, 1.82) is 0 Å². The molecule has 24 heavy (non-hydrogen) atoms. The van der Waals surface area contributed by atoms with Gasteiger partial charge < -0.3 is 14.9 Å². The van der Waals surface area contributed by atoms with E-state index < -0.39 is 0 Å². The van der Waals surface area contributed by atoms with Crippen molar-refractivity contribution < 1.29 is 14.9 Å². The van der Waals surface area contributed by atoms with E-state index >= 15 is 0 Å². The number of halogens is 1. The van der Waals surface area contributed by atoms with Crippen molar-refractivity contribution in [3.05, 3.63) is 52.5 Å². The van der Waals surface area contributed by atoms with Gasteiger partial charge in [0.25, 0.3) is 0 Å². The molecule has 3 rings (SSSR count). The maximum atomic E-state index is 9.82. The van der Waals surface area contributed by atoms with Crippen LogP contribution in [0.4, 0.5) is 0 Å². The summed E-state index contributed by atoms with van der Waals surface area (Å²) in [6.07, 6.45) is 3.08. The van der Waals surface area contributed by atoms with Gasteiger partial charge in [0.1, 0.15) is 18.1 Å². The molecule has 7 nitrogen and oxygen atoms in total. The zero-order valence-corrected chi connectivity index (χ0v) is 14.4. The van der Waals surface area contributed by atoms with Crippen LogP contribution in [0.5, 0.6) is 11.5 Å². The van der Waals surface area contributed by atoms with Gasteiger partial charge in [0.15, 0.2) is 11.6 Å². The number of aromatic nitrogens is 4. The fraction of sp³-hybridized carbons (Fsp3) is 0.188. The van der Waals surface area contributed by atoms with Gasteiger partial charge in [0, 0.05) is 7.05 Å². The van der Waals surface area contributed by atoms with Crippen molar-refractivity contribution >= 4 is 15.9 Å². The first-order valence-corrected chi connectivity index (χ1v) is 7.93. The van der Waals surface area contributed by atoms with E-state index in [0.717, 1.165) is 4.47 Å². The molecule has 0 bridgehead atoms. The molecule has 2 N–H and O–H groups in total. The van der Waals surface area contributed by atoms with E-state index in [4.69, 9.17) is 4.74 Å². The molecule has 0 radical (unpaired) electrons. The molecule has 3 aromatic rings. The second-order valence-corrected chi connectivity index (χ2v) is 5.83. The van der Waals surface area contributed by atoms with Gasteiger partial charge in [-0.25, -0.2) is 9.97 Å². The molecule has 0 aliphatic carbocycles. The SMILES string of the molecule is Cn1nc(COc2cnc(-c3ccccc3O)nc2)c(Br)c1CO. The number of aromatic hydroxyl groups is 1. The minimum absolute atomic E-state index is 0.109. The number of aliphatic hydroxyl groups is 1. The predicted octanol–water partition coefficient (Wildman–Crippen LogP) is 2.42. The average molecular weight is 391 g/mol. The lowest BCUT2D eigenvalue weighted by Gasteiger charge is -2.06. The summed E-state index contributed by atoms with van der Waals surface area (Å²) in [5.41, 5.74) is 1.91. The summed E-state index contributed by atoms with van der Waals surface area (Å²) in [7, 11) is 1.75. The van der Waals surface area contributed by atoms with Crippen LogP contribution in [0, 0.1) is 0 Å². The second kappa shape index (κ2) is 6.98. The quantitative estimate of drug-likeness (QED) is 0.694. The number of benzene rings is 1. The summed E-state index contributed by atoms with van der Waals surface area (Å²) in [5, 5.41) is 23.4. The Morgan fingerprint density at radius 3 is 2.54 bits per heavy atom. The van der Waals surface area contributed by atoms with Crippen molar-refractivity contribution in [2.45, 2.75) is 13.2 Å². The molecule has 0 fully saturated rings. The Hall–Kier alpha value is -2.45. The Balaban J connectivity index is 1.72. The number of nitrogens with zero attached hydrogens (tertiary/aromatic N) is 4. The molecule has 0 spiro atoms. The molecule has 1 aromatic carbocycles. The average Bonchev–Trinajstić information content (AvgIpc) is 2.87. The van der Waals surface area contributed by atoms with Crippen LogP contribution in [-0.2, 0) is 20.3 Å². The van der Waals surface area contributed by atoms with Crippen LogP contribution in [0.1, 0.15) is 11.4 Å². The molecule has 0 unspecified atom stereocenters. The molecular weight excluding hydrogens is 376 g/mol. The van der Waals surface area contributed by atoms with Gasteiger partial charge in [0.2, 0.25) is 0 Å². The molecule has 124 valence electrons. The lowest BCUT2D eigenvalue weighted by Crippen LogP contribution is -2.00. The van der Waals surface area contributed by atoms with Gasteiger partial charge in [-0.05, 0) is 28.1 Å². The summed E-state index contributed by atoms with van der Waals surface area (Å²) in [6.45, 7) is 0.107. The van der Waals surface area contributed by atoms with Crippen LogP contribution in [0.2, 0.25) is 0 Å². The van der Waals surface area contributed by atoms with E-state index in [0.29, 0.717) is 28.5 Å². The zero-order valence-electron chi connectivity index (χ0n) is 12.8. The van der Waals surface area contributed by atoms with Crippen molar-refractivity contribution in [2.24, 2.45) is 7.05 Å². The largest absolute Gasteiger partial charge is 0.507 e. The molecule has 0 aliphatic rings. The number of hydrogen-bond donors (Lipinski definition) is 2. The number of ether oxygens (including phenoxy) is 1. The standard InChI is InChI=1S/C16H15BrN4O3/c1-21-13(8-22)15(17)12(20-21)9-24-10-6-18-16(19-7-10)11-4-2-3-5-14(11)23/h2-7,22-23H,8-9H2,1H3. The highest BCUT2D eigenvalue weighted by atomic mass is 79.9. The lowest BCUT2D eigenvalue weighted by molar-refractivity contribution is 0.270. The van der Waals surface area contributed by atoms with E-state index in [9.17, 15) is 10.2 Å². The van der Waals surface area contributed by atoms with E-state index in [-0.39, 0.29) is 19.0 Å². The third kappa shape index (κ3) is 3.24. The monoisotopic (exact) mass is 390 g/mol. The number of para-hydroxylation sites is 1.